The number of carboxylic acids is 1. The third-order valence-corrected chi connectivity index (χ3v) is 4.52. The molecule has 1 N–H and O–H groups in total. The van der Waals surface area contributed by atoms with Gasteiger partial charge >= 0.3 is 12.1 Å². The van der Waals surface area contributed by atoms with Crippen LogP contribution in [0.25, 0.3) is 28.1 Å². The molecule has 0 saturated heterocycles. The number of fused-ring (bicyclic) bond motifs is 1. The lowest BCUT2D eigenvalue weighted by Gasteiger charge is -2.12. The first kappa shape index (κ1) is 18.7. The molecule has 29 heavy (non-hydrogen) atoms. The van der Waals surface area contributed by atoms with Crippen LogP contribution in [0, 0.1) is 6.92 Å². The predicted octanol–water partition coefficient (Wildman–Crippen LogP) is 5.11. The first-order valence-electron chi connectivity index (χ1n) is 8.62. The van der Waals surface area contributed by atoms with Crippen LogP contribution in [0.3, 0.4) is 0 Å². The van der Waals surface area contributed by atoms with E-state index in [1.807, 2.05) is 0 Å². The Bertz CT molecular complexity index is 1210. The minimum Gasteiger partial charge on any atom is -0.478 e. The minimum atomic E-state index is -4.66. The van der Waals surface area contributed by atoms with Crippen molar-refractivity contribution >= 4 is 17.0 Å². The molecule has 0 unspecified atom stereocenters. The summed E-state index contributed by atoms with van der Waals surface area (Å²) in [5.41, 5.74) is 0.670. The smallest absolute Gasteiger partial charge is 0.434 e. The van der Waals surface area contributed by atoms with Gasteiger partial charge in [0.1, 0.15) is 5.65 Å². The van der Waals surface area contributed by atoms with Crippen molar-refractivity contribution < 1.29 is 23.1 Å². The Labute approximate surface area is 163 Å². The number of halogens is 3. The first-order chi connectivity index (χ1) is 13.8. The standard InChI is InChI=1S/C21H14F3N3O2/c1-12-11-16-17(21(22,23)24)25-18(13-5-3-2-4-6-13)26-19(16)27(12)15-9-7-14(8-10-15)20(28)29/h2-11H,1H3,(H,28,29). The summed E-state index contributed by atoms with van der Waals surface area (Å²) in [7, 11) is 0. The van der Waals surface area contributed by atoms with E-state index in [2.05, 4.69) is 9.97 Å². The van der Waals surface area contributed by atoms with Crippen LogP contribution >= 0.6 is 0 Å². The highest BCUT2D eigenvalue weighted by Gasteiger charge is 2.36. The van der Waals surface area contributed by atoms with Gasteiger partial charge in [-0.05, 0) is 37.3 Å². The lowest BCUT2D eigenvalue weighted by atomic mass is 10.2. The molecule has 0 atom stereocenters. The van der Waals surface area contributed by atoms with E-state index in [0.717, 1.165) is 0 Å². The summed E-state index contributed by atoms with van der Waals surface area (Å²) in [6, 6.07) is 15.7. The summed E-state index contributed by atoms with van der Waals surface area (Å²) in [5.74, 6) is -1.12. The third kappa shape index (κ3) is 3.33. The molecule has 0 aliphatic rings. The molecule has 2 aromatic heterocycles. The van der Waals surface area contributed by atoms with Gasteiger partial charge in [-0.1, -0.05) is 30.3 Å². The lowest BCUT2D eigenvalue weighted by Crippen LogP contribution is -2.11. The van der Waals surface area contributed by atoms with Crippen LogP contribution in [-0.2, 0) is 6.18 Å². The van der Waals surface area contributed by atoms with E-state index in [4.69, 9.17) is 5.11 Å². The zero-order chi connectivity index (χ0) is 20.8. The van der Waals surface area contributed by atoms with Crippen molar-refractivity contribution in [1.29, 1.82) is 0 Å². The molecule has 0 aliphatic heterocycles. The first-order valence-corrected chi connectivity index (χ1v) is 8.62. The van der Waals surface area contributed by atoms with Gasteiger partial charge < -0.3 is 5.11 Å². The van der Waals surface area contributed by atoms with Crippen LogP contribution in [0.4, 0.5) is 13.2 Å². The van der Waals surface area contributed by atoms with Gasteiger partial charge in [0.25, 0.3) is 0 Å². The molecular formula is C21H14F3N3O2. The topological polar surface area (TPSA) is 68.0 Å². The molecule has 0 aliphatic carbocycles. The van der Waals surface area contributed by atoms with Gasteiger partial charge in [-0.25, -0.2) is 14.8 Å². The van der Waals surface area contributed by atoms with Gasteiger partial charge in [-0.2, -0.15) is 13.2 Å². The van der Waals surface area contributed by atoms with Crippen molar-refractivity contribution in [2.45, 2.75) is 13.1 Å². The number of rotatable bonds is 3. The maximum Gasteiger partial charge on any atom is 0.434 e. The zero-order valence-electron chi connectivity index (χ0n) is 15.1. The Morgan fingerprint density at radius 1 is 1.00 bits per heavy atom. The lowest BCUT2D eigenvalue weighted by molar-refractivity contribution is -0.139. The molecule has 0 bridgehead atoms. The summed E-state index contributed by atoms with van der Waals surface area (Å²) in [4.78, 5) is 19.3. The highest BCUT2D eigenvalue weighted by atomic mass is 19.4. The Balaban J connectivity index is 2.01. The number of aromatic nitrogens is 3. The van der Waals surface area contributed by atoms with Crippen molar-refractivity contribution in [3.05, 3.63) is 77.6 Å². The second-order valence-electron chi connectivity index (χ2n) is 6.47. The summed E-state index contributed by atoms with van der Waals surface area (Å²) in [6.07, 6.45) is -4.66. The van der Waals surface area contributed by atoms with Gasteiger partial charge in [0.05, 0.1) is 10.9 Å². The van der Waals surface area contributed by atoms with E-state index in [0.29, 0.717) is 16.9 Å². The molecule has 0 amide bonds. The Hall–Kier alpha value is -3.68. The van der Waals surface area contributed by atoms with Gasteiger partial charge in [0, 0.05) is 16.9 Å². The van der Waals surface area contributed by atoms with Gasteiger partial charge in [-0.15, -0.1) is 0 Å². The molecule has 146 valence electrons. The fourth-order valence-electron chi connectivity index (χ4n) is 3.21. The highest BCUT2D eigenvalue weighted by molar-refractivity contribution is 5.88. The Kier molecular flexibility index (Phi) is 4.34. The van der Waals surface area contributed by atoms with Crippen molar-refractivity contribution in [3.63, 3.8) is 0 Å². The predicted molar refractivity (Wildman–Crippen MR) is 101 cm³/mol. The van der Waals surface area contributed by atoms with Crippen molar-refractivity contribution in [3.8, 4) is 17.1 Å². The fourth-order valence-corrected chi connectivity index (χ4v) is 3.21. The normalized spacial score (nSPS) is 11.7. The van der Waals surface area contributed by atoms with Crippen LogP contribution < -0.4 is 0 Å². The van der Waals surface area contributed by atoms with Crippen molar-refractivity contribution in [2.75, 3.05) is 0 Å². The third-order valence-electron chi connectivity index (χ3n) is 4.52. The number of aromatic carboxylic acids is 1. The van der Waals surface area contributed by atoms with E-state index in [9.17, 15) is 18.0 Å². The monoisotopic (exact) mass is 397 g/mol. The Morgan fingerprint density at radius 2 is 1.66 bits per heavy atom. The molecule has 0 spiro atoms. The minimum absolute atomic E-state index is 0.0352. The molecule has 0 fully saturated rings. The molecule has 0 radical (unpaired) electrons. The molecule has 5 nitrogen and oxygen atoms in total. The van der Waals surface area contributed by atoms with Gasteiger partial charge in [0.2, 0.25) is 0 Å². The van der Waals surface area contributed by atoms with E-state index in [1.165, 1.54) is 30.3 Å². The van der Waals surface area contributed by atoms with E-state index >= 15 is 0 Å². The number of hydrogen-bond acceptors (Lipinski definition) is 3. The van der Waals surface area contributed by atoms with Crippen LogP contribution in [0.15, 0.2) is 60.7 Å². The number of hydrogen-bond donors (Lipinski definition) is 1. The summed E-state index contributed by atoms with van der Waals surface area (Å²) < 4.78 is 42.8. The quantitative estimate of drug-likeness (QED) is 0.521. The molecule has 4 aromatic rings. The van der Waals surface area contributed by atoms with Crippen LogP contribution in [0.2, 0.25) is 0 Å². The van der Waals surface area contributed by atoms with Crippen molar-refractivity contribution in [1.82, 2.24) is 14.5 Å². The zero-order valence-corrected chi connectivity index (χ0v) is 15.1. The summed E-state index contributed by atoms with van der Waals surface area (Å²) >= 11 is 0. The second-order valence-corrected chi connectivity index (χ2v) is 6.47. The largest absolute Gasteiger partial charge is 0.478 e. The van der Waals surface area contributed by atoms with Crippen LogP contribution in [0.5, 0.6) is 0 Å². The number of carbonyl (C=O) groups is 1. The number of alkyl halides is 3. The number of nitrogens with zero attached hydrogens (tertiary/aromatic N) is 3. The molecule has 8 heteroatoms. The summed E-state index contributed by atoms with van der Waals surface area (Å²) in [5, 5.41) is 8.95. The number of carboxylic acid groups (broad SMARTS) is 1. The maximum absolute atomic E-state index is 13.7. The number of aryl methyl sites for hydroxylation is 1. The second kappa shape index (κ2) is 6.73. The van der Waals surface area contributed by atoms with E-state index in [-0.39, 0.29) is 22.4 Å². The molecule has 2 heterocycles. The molecule has 0 saturated carbocycles. The molecule has 4 rings (SSSR count). The van der Waals surface area contributed by atoms with Crippen molar-refractivity contribution in [2.24, 2.45) is 0 Å². The fraction of sp³-hybridized carbons (Fsp3) is 0.0952. The average Bonchev–Trinajstić information content (AvgIpc) is 3.02. The summed E-state index contributed by atoms with van der Waals surface area (Å²) in [6.45, 7) is 1.66. The highest BCUT2D eigenvalue weighted by Crippen LogP contribution is 2.36. The van der Waals surface area contributed by atoms with Crippen LogP contribution in [-0.4, -0.2) is 25.6 Å². The SMILES string of the molecule is Cc1cc2c(C(F)(F)F)nc(-c3ccccc3)nc2n1-c1ccc(C(=O)O)cc1. The van der Waals surface area contributed by atoms with Gasteiger partial charge in [0.15, 0.2) is 11.5 Å². The number of benzene rings is 2. The van der Waals surface area contributed by atoms with Gasteiger partial charge in [-0.3, -0.25) is 4.57 Å². The average molecular weight is 397 g/mol. The maximum atomic E-state index is 13.7. The van der Waals surface area contributed by atoms with Crippen LogP contribution in [0.1, 0.15) is 21.7 Å². The van der Waals surface area contributed by atoms with E-state index in [1.54, 1.807) is 41.8 Å². The Morgan fingerprint density at radius 3 is 2.24 bits per heavy atom. The molecular weight excluding hydrogens is 383 g/mol. The molecule has 2 aromatic carbocycles. The van der Waals surface area contributed by atoms with E-state index < -0.39 is 17.8 Å².